The van der Waals surface area contributed by atoms with Gasteiger partial charge in [0.05, 0.1) is 12.4 Å². The number of nitrogens with zero attached hydrogens (tertiary/aromatic N) is 2. The predicted molar refractivity (Wildman–Crippen MR) is 127 cm³/mol. The molecule has 1 heterocycles. The van der Waals surface area contributed by atoms with E-state index in [0.29, 0.717) is 48.1 Å². The van der Waals surface area contributed by atoms with Crippen LogP contribution in [0.25, 0.3) is 0 Å². The van der Waals surface area contributed by atoms with Crippen molar-refractivity contribution in [2.45, 2.75) is 18.6 Å². The highest BCUT2D eigenvalue weighted by Gasteiger charge is 2.45. The van der Waals surface area contributed by atoms with Gasteiger partial charge in [-0.25, -0.2) is 4.79 Å². The molecule has 1 aliphatic heterocycles. The molecule has 10 nitrogen and oxygen atoms in total. The van der Waals surface area contributed by atoms with Crippen molar-refractivity contribution in [1.29, 1.82) is 0 Å². The van der Waals surface area contributed by atoms with E-state index < -0.39 is 23.5 Å². The quantitative estimate of drug-likeness (QED) is 0.221. The van der Waals surface area contributed by atoms with Gasteiger partial charge in [0, 0.05) is 30.6 Å². The fourth-order valence-corrected chi connectivity index (χ4v) is 3.95. The van der Waals surface area contributed by atoms with Crippen molar-refractivity contribution in [3.8, 4) is 11.5 Å². The average molecular weight is 489 g/mol. The van der Waals surface area contributed by atoms with Gasteiger partial charge in [-0.2, -0.15) is 5.11 Å². The summed E-state index contributed by atoms with van der Waals surface area (Å²) >= 11 is 1.22. The minimum Gasteiger partial charge on any atom is -0.492 e. The van der Waals surface area contributed by atoms with Gasteiger partial charge in [0.15, 0.2) is 0 Å². The van der Waals surface area contributed by atoms with Gasteiger partial charge in [0.25, 0.3) is 0 Å². The number of hydrogen-bond donors (Lipinski definition) is 3. The zero-order valence-electron chi connectivity index (χ0n) is 18.8. The lowest BCUT2D eigenvalue weighted by atomic mass is 9.93. The van der Waals surface area contributed by atoms with Crippen LogP contribution in [-0.4, -0.2) is 61.7 Å². The molecule has 0 aromatic heterocycles. The Hall–Kier alpha value is -3.15. The standard InChI is InChI=1S/C23H28N4O6S/c1-2-31-22(30)23(15-34-27-26-23)17-5-9-20(10-6-17)33-14-18(28)13-25-11-12-32-19-7-3-16(4-8-19)21(24)29/h3-10,18,25,28H,2,11-15H2,1H3,(H2,24,29). The predicted octanol–water partition coefficient (Wildman–Crippen LogP) is 2.07. The van der Waals surface area contributed by atoms with Crippen molar-refractivity contribution in [3.63, 3.8) is 0 Å². The first-order valence-electron chi connectivity index (χ1n) is 10.8. The monoisotopic (exact) mass is 488 g/mol. The molecule has 0 radical (unpaired) electrons. The van der Waals surface area contributed by atoms with Crippen LogP contribution in [-0.2, 0) is 15.1 Å². The minimum absolute atomic E-state index is 0.0976. The lowest BCUT2D eigenvalue weighted by molar-refractivity contribution is -0.149. The van der Waals surface area contributed by atoms with Crippen molar-refractivity contribution in [2.24, 2.45) is 15.4 Å². The highest BCUT2D eigenvalue weighted by molar-refractivity contribution is 7.98. The number of primary amides is 1. The van der Waals surface area contributed by atoms with E-state index in [0.717, 1.165) is 0 Å². The van der Waals surface area contributed by atoms with Gasteiger partial charge in [0.1, 0.15) is 30.8 Å². The second kappa shape index (κ2) is 12.4. The Morgan fingerprint density at radius 2 is 1.82 bits per heavy atom. The zero-order chi connectivity index (χ0) is 24.4. The van der Waals surface area contributed by atoms with Gasteiger partial charge < -0.3 is 30.4 Å². The maximum Gasteiger partial charge on any atom is 0.341 e. The van der Waals surface area contributed by atoms with Crippen LogP contribution >= 0.6 is 11.9 Å². The van der Waals surface area contributed by atoms with E-state index in [9.17, 15) is 14.7 Å². The third-order valence-electron chi connectivity index (χ3n) is 5.00. The molecule has 1 aliphatic rings. The molecule has 0 fully saturated rings. The number of nitrogens with one attached hydrogen (secondary N) is 1. The SMILES string of the molecule is CCOC(=O)C1(c2ccc(OCC(O)CNCCOc3ccc(C(N)=O)cc3)cc2)CSN=N1. The number of nitrogens with two attached hydrogens (primary N) is 1. The van der Waals surface area contributed by atoms with Crippen LogP contribution < -0.4 is 20.5 Å². The molecule has 0 spiro atoms. The summed E-state index contributed by atoms with van der Waals surface area (Å²) in [4.78, 5) is 23.5. The number of hydrogen-bond acceptors (Lipinski definition) is 10. The molecule has 2 aromatic rings. The topological polar surface area (TPSA) is 145 Å². The van der Waals surface area contributed by atoms with Crippen molar-refractivity contribution in [3.05, 3.63) is 59.7 Å². The third-order valence-corrected chi connectivity index (χ3v) is 5.74. The maximum absolute atomic E-state index is 12.4. The summed E-state index contributed by atoms with van der Waals surface area (Å²) in [5.41, 5.74) is 5.17. The molecule has 2 atom stereocenters. The lowest BCUT2D eigenvalue weighted by Crippen LogP contribution is -2.36. The second-order valence-electron chi connectivity index (χ2n) is 7.47. The Balaban J connectivity index is 1.37. The number of benzene rings is 2. The molecule has 1 amide bonds. The fraction of sp³-hybridized carbons (Fsp3) is 0.391. The van der Waals surface area contributed by atoms with Crippen LogP contribution in [0.15, 0.2) is 58.2 Å². The number of aliphatic hydroxyl groups is 1. The summed E-state index contributed by atoms with van der Waals surface area (Å²) in [6.07, 6.45) is -0.722. The molecule has 182 valence electrons. The molecular formula is C23H28N4O6S. The molecular weight excluding hydrogens is 460 g/mol. The minimum atomic E-state index is -1.13. The van der Waals surface area contributed by atoms with Crippen molar-refractivity contribution >= 4 is 23.8 Å². The Kier molecular flexibility index (Phi) is 9.25. The van der Waals surface area contributed by atoms with Crippen molar-refractivity contribution in [2.75, 3.05) is 38.7 Å². The smallest absolute Gasteiger partial charge is 0.341 e. The first kappa shape index (κ1) is 25.5. The zero-order valence-corrected chi connectivity index (χ0v) is 19.6. The molecule has 0 bridgehead atoms. The summed E-state index contributed by atoms with van der Waals surface area (Å²) < 4.78 is 20.3. The van der Waals surface area contributed by atoms with Crippen LogP contribution in [0.2, 0.25) is 0 Å². The Labute approximate surface area is 202 Å². The molecule has 2 unspecified atom stereocenters. The van der Waals surface area contributed by atoms with Gasteiger partial charge in [-0.1, -0.05) is 12.1 Å². The number of carbonyl (C=O) groups excluding carboxylic acids is 2. The maximum atomic E-state index is 12.4. The highest BCUT2D eigenvalue weighted by atomic mass is 32.2. The summed E-state index contributed by atoms with van der Waals surface area (Å²) in [6, 6.07) is 13.5. The third kappa shape index (κ3) is 6.69. The van der Waals surface area contributed by atoms with E-state index in [1.165, 1.54) is 11.9 Å². The van der Waals surface area contributed by atoms with E-state index >= 15 is 0 Å². The van der Waals surface area contributed by atoms with Crippen molar-refractivity contribution in [1.82, 2.24) is 5.32 Å². The van der Waals surface area contributed by atoms with Gasteiger partial charge in [0.2, 0.25) is 11.4 Å². The van der Waals surface area contributed by atoms with Gasteiger partial charge in [-0.15, -0.1) is 4.52 Å². The van der Waals surface area contributed by atoms with Crippen LogP contribution in [0.3, 0.4) is 0 Å². The summed E-state index contributed by atoms with van der Waals surface area (Å²) in [6.45, 7) is 3.35. The number of ether oxygens (including phenoxy) is 3. The Bertz CT molecular complexity index is 986. The van der Waals surface area contributed by atoms with E-state index in [1.54, 1.807) is 55.5 Å². The van der Waals surface area contributed by atoms with Gasteiger partial charge >= 0.3 is 5.97 Å². The van der Waals surface area contributed by atoms with E-state index in [2.05, 4.69) is 15.0 Å². The largest absolute Gasteiger partial charge is 0.492 e. The van der Waals surface area contributed by atoms with Crippen molar-refractivity contribution < 1.29 is 28.9 Å². The second-order valence-corrected chi connectivity index (χ2v) is 8.18. The van der Waals surface area contributed by atoms with Crippen LogP contribution in [0.5, 0.6) is 11.5 Å². The Morgan fingerprint density at radius 3 is 2.44 bits per heavy atom. The summed E-state index contributed by atoms with van der Waals surface area (Å²) in [5.74, 6) is 0.665. The van der Waals surface area contributed by atoms with Gasteiger partial charge in [-0.3, -0.25) is 4.79 Å². The Morgan fingerprint density at radius 1 is 1.15 bits per heavy atom. The first-order valence-corrected chi connectivity index (χ1v) is 11.7. The average Bonchev–Trinajstić information content (AvgIpc) is 3.35. The summed E-state index contributed by atoms with van der Waals surface area (Å²) in [7, 11) is 0. The lowest BCUT2D eigenvalue weighted by Gasteiger charge is -2.22. The van der Waals surface area contributed by atoms with Gasteiger partial charge in [-0.05, 0) is 48.9 Å². The van der Waals surface area contributed by atoms with E-state index in [-0.39, 0.29) is 13.2 Å². The van der Waals surface area contributed by atoms with Crippen LogP contribution in [0, 0.1) is 0 Å². The number of rotatable bonds is 13. The molecule has 34 heavy (non-hydrogen) atoms. The molecule has 0 saturated carbocycles. The van der Waals surface area contributed by atoms with Crippen LogP contribution in [0.4, 0.5) is 0 Å². The molecule has 3 rings (SSSR count). The normalized spacial score (nSPS) is 17.8. The molecule has 2 aromatic carbocycles. The number of aliphatic hydroxyl groups excluding tert-OH is 1. The molecule has 4 N–H and O–H groups in total. The molecule has 11 heteroatoms. The first-order chi connectivity index (χ1) is 16.4. The molecule has 0 saturated heterocycles. The number of esters is 1. The van der Waals surface area contributed by atoms with Crippen LogP contribution in [0.1, 0.15) is 22.8 Å². The fourth-order valence-electron chi connectivity index (χ4n) is 3.16. The number of carbonyl (C=O) groups is 2. The molecule has 0 aliphatic carbocycles. The highest BCUT2D eigenvalue weighted by Crippen LogP contribution is 2.38. The van der Waals surface area contributed by atoms with E-state index in [4.69, 9.17) is 19.9 Å². The number of amides is 1. The summed E-state index contributed by atoms with van der Waals surface area (Å²) in [5, 5.41) is 17.4. The van der Waals surface area contributed by atoms with E-state index in [1.807, 2.05) is 0 Å².